The predicted molar refractivity (Wildman–Crippen MR) is 98.4 cm³/mol. The molecule has 0 aromatic rings. The molecule has 3 fully saturated rings. The van der Waals surface area contributed by atoms with Crippen molar-refractivity contribution in [2.45, 2.75) is 106 Å². The molecule has 15 unspecified atom stereocenters. The summed E-state index contributed by atoms with van der Waals surface area (Å²) in [5.41, 5.74) is 0. The van der Waals surface area contributed by atoms with Crippen LogP contribution in [0.15, 0.2) is 0 Å². The topological polar surface area (TPSA) is 228 Å². The summed E-state index contributed by atoms with van der Waals surface area (Å²) >= 11 is 0. The first kappa shape index (κ1) is 26.1. The Kier molecular flexibility index (Phi) is 8.44. The van der Waals surface area contributed by atoms with Crippen molar-refractivity contribution in [3.8, 4) is 0 Å². The minimum Gasteiger partial charge on any atom is -0.394 e. The van der Waals surface area contributed by atoms with Crippen LogP contribution in [0.3, 0.4) is 0 Å². The van der Waals surface area contributed by atoms with Crippen LogP contribution in [-0.2, 0) is 23.7 Å². The van der Waals surface area contributed by atoms with Crippen molar-refractivity contribution < 1.29 is 69.6 Å². The zero-order chi connectivity index (χ0) is 23.9. The molecule has 0 spiro atoms. The highest BCUT2D eigenvalue weighted by molar-refractivity contribution is 4.95. The van der Waals surface area contributed by atoms with Gasteiger partial charge in [0.15, 0.2) is 18.9 Å². The van der Waals surface area contributed by atoms with Crippen LogP contribution in [0.5, 0.6) is 0 Å². The molecule has 3 aliphatic rings. The molecule has 15 atom stereocenters. The average Bonchev–Trinajstić information content (AvgIpc) is 2.76. The number of hydrogen-bond acceptors (Lipinski definition) is 14. The lowest BCUT2D eigenvalue weighted by Crippen LogP contribution is -2.66. The third-order valence-corrected chi connectivity index (χ3v) is 6.01. The lowest BCUT2D eigenvalue weighted by molar-refractivity contribution is -0.380. The van der Waals surface area contributed by atoms with E-state index in [9.17, 15) is 46.0 Å². The molecule has 3 rings (SSSR count). The molecule has 3 saturated heterocycles. The normalized spacial score (nSPS) is 55.0. The van der Waals surface area contributed by atoms with Gasteiger partial charge in [0.2, 0.25) is 0 Å². The Morgan fingerprint density at radius 3 is 1.44 bits per heavy atom. The molecule has 188 valence electrons. The van der Waals surface area contributed by atoms with Gasteiger partial charge in [-0.1, -0.05) is 0 Å². The zero-order valence-electron chi connectivity index (χ0n) is 17.4. The van der Waals surface area contributed by atoms with Crippen molar-refractivity contribution in [3.63, 3.8) is 0 Å². The molecule has 0 radical (unpaired) electrons. The van der Waals surface area contributed by atoms with Crippen molar-refractivity contribution in [2.75, 3.05) is 6.61 Å². The summed E-state index contributed by atoms with van der Waals surface area (Å²) < 4.78 is 26.8. The van der Waals surface area contributed by atoms with Gasteiger partial charge in [0, 0.05) is 0 Å². The van der Waals surface area contributed by atoms with Crippen LogP contribution in [0.1, 0.15) is 13.8 Å². The molecule has 9 N–H and O–H groups in total. The molecule has 0 amide bonds. The van der Waals surface area contributed by atoms with Gasteiger partial charge in [-0.2, -0.15) is 0 Å². The fraction of sp³-hybridized carbons (Fsp3) is 1.00. The van der Waals surface area contributed by atoms with Gasteiger partial charge >= 0.3 is 0 Å². The Morgan fingerprint density at radius 1 is 0.562 bits per heavy atom. The van der Waals surface area contributed by atoms with E-state index < -0.39 is 98.7 Å². The Labute approximate surface area is 183 Å². The lowest BCUT2D eigenvalue weighted by atomic mass is 9.96. The van der Waals surface area contributed by atoms with Crippen molar-refractivity contribution in [2.24, 2.45) is 0 Å². The summed E-state index contributed by atoms with van der Waals surface area (Å²) in [4.78, 5) is 0. The van der Waals surface area contributed by atoms with E-state index >= 15 is 0 Å². The number of aliphatic hydroxyl groups is 9. The van der Waals surface area contributed by atoms with Gasteiger partial charge in [-0.05, 0) is 13.8 Å². The highest BCUT2D eigenvalue weighted by atomic mass is 16.7. The monoisotopic (exact) mass is 472 g/mol. The van der Waals surface area contributed by atoms with Crippen LogP contribution in [0.4, 0.5) is 0 Å². The van der Waals surface area contributed by atoms with E-state index in [2.05, 4.69) is 0 Å². The Hall–Kier alpha value is -0.560. The van der Waals surface area contributed by atoms with Gasteiger partial charge in [0.25, 0.3) is 0 Å². The van der Waals surface area contributed by atoms with E-state index in [-0.39, 0.29) is 0 Å². The summed E-state index contributed by atoms with van der Waals surface area (Å²) in [6, 6.07) is 0. The number of ether oxygens (including phenoxy) is 5. The van der Waals surface area contributed by atoms with E-state index in [1.807, 2.05) is 0 Å². The molecule has 0 aromatic carbocycles. The Morgan fingerprint density at radius 2 is 1.00 bits per heavy atom. The van der Waals surface area contributed by atoms with Crippen LogP contribution < -0.4 is 0 Å². The van der Waals surface area contributed by atoms with Gasteiger partial charge in [0.1, 0.15) is 61.0 Å². The highest BCUT2D eigenvalue weighted by Crippen LogP contribution is 2.32. The molecule has 3 aliphatic heterocycles. The number of hydrogen-bond donors (Lipinski definition) is 9. The van der Waals surface area contributed by atoms with Crippen molar-refractivity contribution in [1.82, 2.24) is 0 Å². The molecule has 32 heavy (non-hydrogen) atoms. The van der Waals surface area contributed by atoms with Crippen LogP contribution in [0.25, 0.3) is 0 Å². The van der Waals surface area contributed by atoms with Gasteiger partial charge in [-0.3, -0.25) is 0 Å². The molecule has 14 nitrogen and oxygen atoms in total. The van der Waals surface area contributed by atoms with E-state index in [0.29, 0.717) is 0 Å². The largest absolute Gasteiger partial charge is 0.394 e. The maximum Gasteiger partial charge on any atom is 0.187 e. The molecule has 0 saturated carbocycles. The minimum atomic E-state index is -1.82. The second kappa shape index (κ2) is 10.4. The fourth-order valence-electron chi connectivity index (χ4n) is 3.93. The summed E-state index contributed by atoms with van der Waals surface area (Å²) in [5, 5.41) is 90.4. The molecule has 3 heterocycles. The maximum atomic E-state index is 10.8. The van der Waals surface area contributed by atoms with Crippen LogP contribution in [0, 0.1) is 0 Å². The maximum absolute atomic E-state index is 10.8. The average molecular weight is 472 g/mol. The molecule has 0 aromatic heterocycles. The number of aliphatic hydroxyl groups excluding tert-OH is 9. The van der Waals surface area contributed by atoms with Crippen LogP contribution >= 0.6 is 0 Å². The molecular weight excluding hydrogens is 440 g/mol. The summed E-state index contributed by atoms with van der Waals surface area (Å²) in [7, 11) is 0. The fourth-order valence-corrected chi connectivity index (χ4v) is 3.93. The standard InChI is InChI=1S/C18H32O14/c1-4-7(20)9(22)11(24)17(28-4)31-14-6(3-19)30-16(27)15(13(14)26)32-18-12(25)10(23)8(21)5(2)29-18/h4-27H,3H2,1-2H3. The van der Waals surface area contributed by atoms with Crippen molar-refractivity contribution >= 4 is 0 Å². The summed E-state index contributed by atoms with van der Waals surface area (Å²) in [5.74, 6) is 0. The van der Waals surface area contributed by atoms with Gasteiger partial charge in [-0.25, -0.2) is 0 Å². The van der Waals surface area contributed by atoms with Gasteiger partial charge in [0.05, 0.1) is 18.8 Å². The Balaban J connectivity index is 1.74. The Bertz CT molecular complexity index is 610. The first-order valence-corrected chi connectivity index (χ1v) is 10.3. The van der Waals surface area contributed by atoms with Crippen LogP contribution in [0.2, 0.25) is 0 Å². The third-order valence-electron chi connectivity index (χ3n) is 6.01. The number of rotatable bonds is 5. The SMILES string of the molecule is CC1OC(OC2C(O)OC(CO)C(OC3OC(C)C(O)C(O)C3O)C2O)C(O)C(O)C1O. The summed E-state index contributed by atoms with van der Waals surface area (Å²) in [6.45, 7) is 2.11. The zero-order valence-corrected chi connectivity index (χ0v) is 17.4. The minimum absolute atomic E-state index is 0.723. The first-order chi connectivity index (χ1) is 15.0. The van der Waals surface area contributed by atoms with E-state index in [1.165, 1.54) is 13.8 Å². The van der Waals surface area contributed by atoms with Gasteiger partial charge < -0.3 is 69.6 Å². The summed E-state index contributed by atoms with van der Waals surface area (Å²) in [6.07, 6.45) is -22.4. The second-order valence-corrected chi connectivity index (χ2v) is 8.30. The second-order valence-electron chi connectivity index (χ2n) is 8.30. The van der Waals surface area contributed by atoms with E-state index in [1.54, 1.807) is 0 Å². The smallest absolute Gasteiger partial charge is 0.187 e. The van der Waals surface area contributed by atoms with E-state index in [0.717, 1.165) is 0 Å². The lowest BCUT2D eigenvalue weighted by Gasteiger charge is -2.47. The molecule has 0 aliphatic carbocycles. The van der Waals surface area contributed by atoms with Crippen molar-refractivity contribution in [3.05, 3.63) is 0 Å². The first-order valence-electron chi connectivity index (χ1n) is 10.3. The van der Waals surface area contributed by atoms with Gasteiger partial charge in [-0.15, -0.1) is 0 Å². The molecule has 14 heteroatoms. The third kappa shape index (κ3) is 4.94. The molecular formula is C18H32O14. The highest BCUT2D eigenvalue weighted by Gasteiger charge is 2.52. The van der Waals surface area contributed by atoms with E-state index in [4.69, 9.17) is 23.7 Å². The molecule has 0 bridgehead atoms. The predicted octanol–water partition coefficient (Wildman–Crippen LogP) is -5.52. The van der Waals surface area contributed by atoms with Crippen molar-refractivity contribution in [1.29, 1.82) is 0 Å². The quantitative estimate of drug-likeness (QED) is 0.182. The van der Waals surface area contributed by atoms with Crippen LogP contribution in [-0.4, -0.2) is 145 Å².